The van der Waals surface area contributed by atoms with Crippen molar-refractivity contribution in [3.8, 4) is 0 Å². The number of hydrogen-bond donors (Lipinski definition) is 1. The largest absolute Gasteiger partial charge is 0.481 e. The lowest BCUT2D eigenvalue weighted by atomic mass is 10.0. The number of thioether (sulfide) groups is 1. The maximum absolute atomic E-state index is 12.8. The molecule has 0 aliphatic carbocycles. The van der Waals surface area contributed by atoms with Gasteiger partial charge in [-0.2, -0.15) is 0 Å². The quantitative estimate of drug-likeness (QED) is 0.738. The van der Waals surface area contributed by atoms with Crippen LogP contribution in [0.1, 0.15) is 29.8 Å². The topological polar surface area (TPSA) is 97.1 Å². The lowest BCUT2D eigenvalue weighted by Gasteiger charge is -2.27. The molecule has 0 radical (unpaired) electrons. The molecule has 1 amide bonds. The van der Waals surface area contributed by atoms with E-state index < -0.39 is 29.5 Å². The Balaban J connectivity index is 1.95. The molecule has 0 saturated carbocycles. The van der Waals surface area contributed by atoms with Crippen LogP contribution in [0.3, 0.4) is 0 Å². The molecule has 7 nitrogen and oxygen atoms in total. The third-order valence-corrected chi connectivity index (χ3v) is 5.28. The summed E-state index contributed by atoms with van der Waals surface area (Å²) in [7, 11) is 0. The zero-order valence-electron chi connectivity index (χ0n) is 13.8. The smallest absolute Gasteiger partial charge is 0.308 e. The first-order chi connectivity index (χ1) is 12.0. The van der Waals surface area contributed by atoms with Crippen LogP contribution in [0.2, 0.25) is 0 Å². The van der Waals surface area contributed by atoms with Crippen molar-refractivity contribution in [3.63, 3.8) is 0 Å². The maximum atomic E-state index is 12.8. The summed E-state index contributed by atoms with van der Waals surface area (Å²) in [5.41, 5.74) is 0.235. The summed E-state index contributed by atoms with van der Waals surface area (Å²) in [4.78, 5) is 38.4. The summed E-state index contributed by atoms with van der Waals surface area (Å²) >= 11 is 1.33. The van der Waals surface area contributed by atoms with E-state index in [1.165, 1.54) is 24.1 Å². The third kappa shape index (κ3) is 3.50. The molecular weight excluding hydrogens is 346 g/mol. The van der Waals surface area contributed by atoms with Crippen molar-refractivity contribution in [2.45, 2.75) is 30.7 Å². The second-order valence-electron chi connectivity index (χ2n) is 5.95. The molecule has 1 N–H and O–H groups in total. The highest BCUT2D eigenvalue weighted by Gasteiger charge is 2.44. The fourth-order valence-electron chi connectivity index (χ4n) is 3.24. The van der Waals surface area contributed by atoms with E-state index in [1.54, 1.807) is 17.2 Å². The zero-order chi connectivity index (χ0) is 18.0. The first-order valence-electron chi connectivity index (χ1n) is 8.01. The number of carboxylic acid groups (broad SMARTS) is 1. The maximum Gasteiger partial charge on any atom is 0.308 e. The molecule has 8 heteroatoms. The van der Waals surface area contributed by atoms with Gasteiger partial charge in [-0.05, 0) is 31.2 Å². The lowest BCUT2D eigenvalue weighted by Crippen LogP contribution is -2.40. The van der Waals surface area contributed by atoms with E-state index in [1.807, 2.05) is 0 Å². The van der Waals surface area contributed by atoms with Gasteiger partial charge in [0.2, 0.25) is 5.78 Å². The number of ketones is 1. The molecule has 1 fully saturated rings. The van der Waals surface area contributed by atoms with Crippen molar-refractivity contribution in [1.29, 1.82) is 0 Å². The summed E-state index contributed by atoms with van der Waals surface area (Å²) in [5.74, 6) is -1.90. The van der Waals surface area contributed by atoms with Crippen molar-refractivity contribution < 1.29 is 28.6 Å². The number of carbonyl (C=O) groups is 3. The van der Waals surface area contributed by atoms with Gasteiger partial charge in [-0.1, -0.05) is 0 Å². The van der Waals surface area contributed by atoms with Gasteiger partial charge in [-0.3, -0.25) is 14.4 Å². The number of amides is 1. The van der Waals surface area contributed by atoms with Gasteiger partial charge in [0.05, 0.1) is 18.8 Å². The van der Waals surface area contributed by atoms with E-state index in [9.17, 15) is 19.5 Å². The average molecular weight is 365 g/mol. The number of carboxylic acids is 1. The van der Waals surface area contributed by atoms with E-state index >= 15 is 0 Å². The molecule has 3 heterocycles. The molecule has 2 aliphatic heterocycles. The molecule has 25 heavy (non-hydrogen) atoms. The monoisotopic (exact) mass is 365 g/mol. The molecule has 3 rings (SSSR count). The van der Waals surface area contributed by atoms with Crippen molar-refractivity contribution in [3.05, 3.63) is 35.3 Å². The highest BCUT2D eigenvalue weighted by Crippen LogP contribution is 2.36. The van der Waals surface area contributed by atoms with Crippen LogP contribution in [-0.4, -0.2) is 58.6 Å². The van der Waals surface area contributed by atoms with E-state index in [0.29, 0.717) is 13.2 Å². The predicted molar refractivity (Wildman–Crippen MR) is 90.3 cm³/mol. The molecule has 1 saturated heterocycles. The lowest BCUT2D eigenvalue weighted by molar-refractivity contribution is -0.137. The van der Waals surface area contributed by atoms with Crippen molar-refractivity contribution in [2.24, 2.45) is 0 Å². The second-order valence-corrected chi connectivity index (χ2v) is 6.87. The Bertz CT molecular complexity index is 705. The van der Waals surface area contributed by atoms with E-state index in [0.717, 1.165) is 12.8 Å². The van der Waals surface area contributed by atoms with Crippen molar-refractivity contribution in [2.75, 3.05) is 19.4 Å². The van der Waals surface area contributed by atoms with Crippen LogP contribution >= 0.6 is 11.8 Å². The predicted octanol–water partition coefficient (Wildman–Crippen LogP) is 1.94. The van der Waals surface area contributed by atoms with E-state index in [-0.39, 0.29) is 23.0 Å². The first-order valence-corrected chi connectivity index (χ1v) is 9.30. The van der Waals surface area contributed by atoms with Gasteiger partial charge in [0.1, 0.15) is 5.37 Å². The van der Waals surface area contributed by atoms with Gasteiger partial charge in [0, 0.05) is 24.3 Å². The van der Waals surface area contributed by atoms with Crippen LogP contribution < -0.4 is 0 Å². The highest BCUT2D eigenvalue weighted by atomic mass is 32.2. The SMILES string of the molecule is CS[C@H]1C(C(=O)c2ccco2)=C(CC(=O)O)C(=O)N1C[C@H]1CCCO1. The Hall–Kier alpha value is -2.06. The summed E-state index contributed by atoms with van der Waals surface area (Å²) < 4.78 is 10.8. The molecule has 134 valence electrons. The van der Waals surface area contributed by atoms with Gasteiger partial charge in [-0.15, -0.1) is 11.8 Å². The van der Waals surface area contributed by atoms with Crippen LogP contribution in [0.5, 0.6) is 0 Å². The van der Waals surface area contributed by atoms with Gasteiger partial charge in [0.25, 0.3) is 5.91 Å². The standard InChI is InChI=1S/C17H19NO6S/c1-25-17-14(15(21)12-5-3-7-24-12)11(8-13(19)20)16(22)18(17)9-10-4-2-6-23-10/h3,5,7,10,17H,2,4,6,8-9H2,1H3,(H,19,20)/t10-,17+/m1/s1. The fourth-order valence-corrected chi connectivity index (χ4v) is 4.16. The van der Waals surface area contributed by atoms with Crippen LogP contribution in [-0.2, 0) is 14.3 Å². The molecule has 2 aliphatic rings. The van der Waals surface area contributed by atoms with Crippen LogP contribution in [0, 0.1) is 0 Å². The minimum absolute atomic E-state index is 0.0336. The van der Waals surface area contributed by atoms with Gasteiger partial charge >= 0.3 is 5.97 Å². The Morgan fingerprint density at radius 2 is 2.24 bits per heavy atom. The highest BCUT2D eigenvalue weighted by molar-refractivity contribution is 7.99. The molecular formula is C17H19NO6S. The first kappa shape index (κ1) is 17.8. The number of carbonyl (C=O) groups excluding carboxylic acids is 2. The Morgan fingerprint density at radius 3 is 2.80 bits per heavy atom. The minimum Gasteiger partial charge on any atom is -0.481 e. The van der Waals surface area contributed by atoms with Gasteiger partial charge in [-0.25, -0.2) is 0 Å². The molecule has 0 aromatic carbocycles. The number of hydrogen-bond acceptors (Lipinski definition) is 6. The summed E-state index contributed by atoms with van der Waals surface area (Å²) in [6.45, 7) is 1.01. The van der Waals surface area contributed by atoms with E-state index in [4.69, 9.17) is 9.15 Å². The van der Waals surface area contributed by atoms with Crippen LogP contribution in [0.25, 0.3) is 0 Å². The molecule has 1 aromatic heterocycles. The summed E-state index contributed by atoms with van der Waals surface area (Å²) in [6.07, 6.45) is 4.38. The fraction of sp³-hybridized carbons (Fsp3) is 0.471. The number of nitrogens with zero attached hydrogens (tertiary/aromatic N) is 1. The Kier molecular flexibility index (Phi) is 5.29. The number of ether oxygens (including phenoxy) is 1. The Labute approximate surface area is 149 Å². The van der Waals surface area contributed by atoms with Gasteiger partial charge < -0.3 is 19.2 Å². The number of Topliss-reactive ketones (excluding diaryl/α,β-unsaturated/α-hetero) is 1. The number of aliphatic carboxylic acids is 1. The summed E-state index contributed by atoms with van der Waals surface area (Å²) in [6, 6.07) is 3.10. The normalized spacial score (nSPS) is 23.6. The minimum atomic E-state index is -1.15. The average Bonchev–Trinajstić information content (AvgIpc) is 3.31. The third-order valence-electron chi connectivity index (χ3n) is 4.34. The number of rotatable bonds is 7. The molecule has 0 unspecified atom stereocenters. The van der Waals surface area contributed by atoms with Crippen molar-refractivity contribution in [1.82, 2.24) is 4.90 Å². The second kappa shape index (κ2) is 7.45. The van der Waals surface area contributed by atoms with Crippen LogP contribution in [0.15, 0.2) is 34.0 Å². The van der Waals surface area contributed by atoms with Crippen molar-refractivity contribution >= 4 is 29.4 Å². The molecule has 2 atom stereocenters. The molecule has 0 bridgehead atoms. The summed E-state index contributed by atoms with van der Waals surface area (Å²) in [5, 5.41) is 8.64. The number of furan rings is 1. The molecule has 0 spiro atoms. The van der Waals surface area contributed by atoms with Gasteiger partial charge in [0.15, 0.2) is 5.76 Å². The Morgan fingerprint density at radius 1 is 1.44 bits per heavy atom. The van der Waals surface area contributed by atoms with E-state index in [2.05, 4.69) is 0 Å². The molecule has 1 aromatic rings. The van der Waals surface area contributed by atoms with Crippen LogP contribution in [0.4, 0.5) is 0 Å². The zero-order valence-corrected chi connectivity index (χ0v) is 14.6.